The summed E-state index contributed by atoms with van der Waals surface area (Å²) in [5, 5.41) is 0.187. The van der Waals surface area contributed by atoms with Gasteiger partial charge in [-0.2, -0.15) is 0 Å². The number of rotatable bonds is 9. The number of unbranched alkanes of at least 4 members (excludes halogenated alkanes) is 1. The Morgan fingerprint density at radius 1 is 0.725 bits per heavy atom. The number of hydrogen-bond acceptors (Lipinski definition) is 1. The maximum Gasteiger partial charge on any atom is 0.216 e. The van der Waals surface area contributed by atoms with E-state index in [0.717, 1.165) is 25.7 Å². The van der Waals surface area contributed by atoms with Gasteiger partial charge in [-0.3, -0.25) is 4.57 Å². The van der Waals surface area contributed by atoms with E-state index in [0.29, 0.717) is 6.54 Å². The quantitative estimate of drug-likeness (QED) is 0.185. The van der Waals surface area contributed by atoms with Crippen molar-refractivity contribution in [1.82, 2.24) is 4.44 Å². The second-order valence-electron chi connectivity index (χ2n) is 10.7. The van der Waals surface area contributed by atoms with Crippen molar-refractivity contribution in [3.05, 3.63) is 131 Å². The van der Waals surface area contributed by atoms with E-state index in [1.165, 1.54) is 34.4 Å². The molecule has 0 aliphatic carbocycles. The Bertz CT molecular complexity index is 1390. The molecule has 1 heterocycles. The van der Waals surface area contributed by atoms with Gasteiger partial charge in [0.05, 0.1) is 10.6 Å². The summed E-state index contributed by atoms with van der Waals surface area (Å²) >= 11 is 0. The Hall–Kier alpha value is -2.64. The fourth-order valence-corrected chi connectivity index (χ4v) is 14.0. The van der Waals surface area contributed by atoms with Crippen molar-refractivity contribution in [2.24, 2.45) is 0 Å². The standard InChI is InChI=1S/C34H37F2NOP2/c1-4-5-24-37(40(38,33-12-8-6-10-29(33)35)34-13-9-7-11-30(34)36)39-31(27-18-14-25(2)15-19-27)22-23-32(39)28-20-16-26(3)17-21-28/h6-21,31-32H,4-5,22-24H2,1-3H3. The lowest BCUT2D eigenvalue weighted by molar-refractivity contribution is 0.529. The number of halogens is 2. The molecule has 5 rings (SSSR count). The van der Waals surface area contributed by atoms with Gasteiger partial charge in [0.2, 0.25) is 7.29 Å². The first-order valence-electron chi connectivity index (χ1n) is 14.1. The van der Waals surface area contributed by atoms with Crippen LogP contribution in [0, 0.1) is 25.5 Å². The molecule has 1 fully saturated rings. The molecule has 0 N–H and O–H groups in total. The number of aryl methyl sites for hydroxylation is 2. The van der Waals surface area contributed by atoms with Gasteiger partial charge in [-0.1, -0.05) is 97.3 Å². The summed E-state index contributed by atoms with van der Waals surface area (Å²) in [6, 6.07) is 29.8. The number of nitrogens with zero attached hydrogens (tertiary/aromatic N) is 1. The van der Waals surface area contributed by atoms with Crippen molar-refractivity contribution in [3.63, 3.8) is 0 Å². The minimum atomic E-state index is -3.91. The highest BCUT2D eigenvalue weighted by Crippen LogP contribution is 2.78. The van der Waals surface area contributed by atoms with Crippen LogP contribution < -0.4 is 10.6 Å². The molecule has 4 aromatic rings. The third-order valence-electron chi connectivity index (χ3n) is 7.94. The molecular weight excluding hydrogens is 538 g/mol. The third kappa shape index (κ3) is 5.60. The van der Waals surface area contributed by atoms with Crippen LogP contribution in [0.25, 0.3) is 0 Å². The summed E-state index contributed by atoms with van der Waals surface area (Å²) < 4.78 is 49.2. The molecule has 0 spiro atoms. The van der Waals surface area contributed by atoms with Crippen LogP contribution in [-0.2, 0) is 4.57 Å². The lowest BCUT2D eigenvalue weighted by atomic mass is 10.0. The van der Waals surface area contributed by atoms with E-state index in [1.54, 1.807) is 36.4 Å². The molecular formula is C34H37F2NOP2. The maximum atomic E-state index is 15.8. The predicted octanol–water partition coefficient (Wildman–Crippen LogP) is 9.59. The molecule has 2 nitrogen and oxygen atoms in total. The zero-order valence-electron chi connectivity index (χ0n) is 23.4. The fraction of sp³-hybridized carbons (Fsp3) is 0.294. The van der Waals surface area contributed by atoms with Gasteiger partial charge in [0.1, 0.15) is 11.6 Å². The summed E-state index contributed by atoms with van der Waals surface area (Å²) in [6.07, 6.45) is 3.54. The normalized spacial score (nSPS) is 19.3. The van der Waals surface area contributed by atoms with Crippen molar-refractivity contribution in [3.8, 4) is 0 Å². The first kappa shape index (κ1) is 28.9. The average molecular weight is 576 g/mol. The molecule has 4 aromatic carbocycles. The highest BCUT2D eigenvalue weighted by molar-refractivity contribution is 7.84. The Morgan fingerprint density at radius 2 is 1.15 bits per heavy atom. The second-order valence-corrected chi connectivity index (χ2v) is 16.1. The van der Waals surface area contributed by atoms with Crippen molar-refractivity contribution in [2.75, 3.05) is 6.54 Å². The Labute approximate surface area is 238 Å². The van der Waals surface area contributed by atoms with E-state index in [2.05, 4.69) is 73.7 Å². The number of hydrogen-bond donors (Lipinski definition) is 0. The molecule has 40 heavy (non-hydrogen) atoms. The van der Waals surface area contributed by atoms with E-state index < -0.39 is 27.0 Å². The Kier molecular flexibility index (Phi) is 9.01. The molecule has 0 amide bonds. The molecule has 2 atom stereocenters. The van der Waals surface area contributed by atoms with Crippen LogP contribution in [0.4, 0.5) is 8.78 Å². The molecule has 1 aliphatic heterocycles. The van der Waals surface area contributed by atoms with Crippen LogP contribution in [0.2, 0.25) is 0 Å². The molecule has 6 heteroatoms. The van der Waals surface area contributed by atoms with Gasteiger partial charge in [-0.05, 0) is 76.6 Å². The highest BCUT2D eigenvalue weighted by Gasteiger charge is 2.49. The van der Waals surface area contributed by atoms with Crippen LogP contribution in [-0.4, -0.2) is 11.0 Å². The van der Waals surface area contributed by atoms with E-state index in [-0.39, 0.29) is 21.9 Å². The van der Waals surface area contributed by atoms with Gasteiger partial charge in [-0.15, -0.1) is 0 Å². The largest absolute Gasteiger partial charge is 0.296 e. The van der Waals surface area contributed by atoms with Crippen LogP contribution in [0.5, 0.6) is 0 Å². The summed E-state index contributed by atoms with van der Waals surface area (Å²) in [5.74, 6) is -1.10. The van der Waals surface area contributed by atoms with Crippen molar-refractivity contribution in [2.45, 2.75) is 57.8 Å². The zero-order valence-corrected chi connectivity index (χ0v) is 25.2. The molecule has 0 saturated carbocycles. The minimum absolute atomic E-state index is 0.0934. The molecule has 0 aromatic heterocycles. The third-order valence-corrected chi connectivity index (χ3v) is 15.3. The van der Waals surface area contributed by atoms with Crippen LogP contribution >= 0.6 is 15.4 Å². The van der Waals surface area contributed by atoms with Gasteiger partial charge >= 0.3 is 0 Å². The van der Waals surface area contributed by atoms with Gasteiger partial charge in [0, 0.05) is 17.9 Å². The van der Waals surface area contributed by atoms with Gasteiger partial charge in [0.25, 0.3) is 0 Å². The second kappa shape index (κ2) is 12.5. The average Bonchev–Trinajstić information content (AvgIpc) is 3.39. The van der Waals surface area contributed by atoms with Crippen molar-refractivity contribution in [1.29, 1.82) is 0 Å². The molecule has 0 radical (unpaired) electrons. The van der Waals surface area contributed by atoms with Crippen LogP contribution in [0.3, 0.4) is 0 Å². The zero-order chi connectivity index (χ0) is 28.3. The molecule has 1 saturated heterocycles. The van der Waals surface area contributed by atoms with Gasteiger partial charge in [0.15, 0.2) is 0 Å². The summed E-state index contributed by atoms with van der Waals surface area (Å²) in [6.45, 7) is 6.77. The molecule has 1 aliphatic rings. The lowest BCUT2D eigenvalue weighted by Crippen LogP contribution is -2.34. The first-order chi connectivity index (χ1) is 19.3. The number of benzene rings is 4. The first-order valence-corrected chi connectivity index (χ1v) is 17.2. The van der Waals surface area contributed by atoms with Crippen LogP contribution in [0.1, 0.15) is 66.2 Å². The van der Waals surface area contributed by atoms with Gasteiger partial charge in [-0.25, -0.2) is 13.2 Å². The monoisotopic (exact) mass is 575 g/mol. The van der Waals surface area contributed by atoms with Crippen LogP contribution in [0.15, 0.2) is 97.1 Å². The Balaban J connectivity index is 1.76. The van der Waals surface area contributed by atoms with Crippen molar-refractivity contribution < 1.29 is 13.3 Å². The SMILES string of the molecule is CCCCN(P1C(c2ccc(C)cc2)CCC1c1ccc(C)cc1)P(=O)(c1ccccc1F)c1ccccc1F. The minimum Gasteiger partial charge on any atom is -0.296 e. The predicted molar refractivity (Wildman–Crippen MR) is 165 cm³/mol. The summed E-state index contributed by atoms with van der Waals surface area (Å²) in [7, 11) is -5.05. The maximum absolute atomic E-state index is 15.8. The fourth-order valence-electron chi connectivity index (χ4n) is 5.81. The lowest BCUT2D eigenvalue weighted by Gasteiger charge is -2.42. The molecule has 2 unspecified atom stereocenters. The summed E-state index contributed by atoms with van der Waals surface area (Å²) in [4.78, 5) is 0. The van der Waals surface area contributed by atoms with E-state index >= 15 is 13.3 Å². The summed E-state index contributed by atoms with van der Waals surface area (Å²) in [5.41, 5.74) is 5.05. The topological polar surface area (TPSA) is 20.3 Å². The molecule has 208 valence electrons. The van der Waals surface area contributed by atoms with Crippen molar-refractivity contribution >= 4 is 26.0 Å². The smallest absolute Gasteiger partial charge is 0.216 e. The molecule has 0 bridgehead atoms. The van der Waals surface area contributed by atoms with E-state index in [4.69, 9.17) is 0 Å². The van der Waals surface area contributed by atoms with E-state index in [1.807, 2.05) is 0 Å². The highest BCUT2D eigenvalue weighted by atomic mass is 31.2. The van der Waals surface area contributed by atoms with Gasteiger partial charge < -0.3 is 0 Å². The van der Waals surface area contributed by atoms with E-state index in [9.17, 15) is 0 Å². The Morgan fingerprint density at radius 3 is 1.55 bits per heavy atom.